The fourth-order valence-electron chi connectivity index (χ4n) is 3.52. The molecule has 0 fully saturated rings. The van der Waals surface area contributed by atoms with Gasteiger partial charge in [0.1, 0.15) is 0 Å². The molecule has 0 saturated heterocycles. The predicted octanol–water partition coefficient (Wildman–Crippen LogP) is 5.31. The summed E-state index contributed by atoms with van der Waals surface area (Å²) in [7, 11) is 0. The zero-order valence-corrected chi connectivity index (χ0v) is 16.9. The first kappa shape index (κ1) is 18.1. The number of rotatable bonds is 5. The van der Waals surface area contributed by atoms with Crippen LogP contribution in [0.2, 0.25) is 0 Å². The zero-order chi connectivity index (χ0) is 18.6. The lowest BCUT2D eigenvalue weighted by atomic mass is 9.89. The molecule has 0 spiro atoms. The molecule has 3 aromatic rings. The highest BCUT2D eigenvalue weighted by Crippen LogP contribution is 2.30. The summed E-state index contributed by atoms with van der Waals surface area (Å²) < 4.78 is 0. The average molecular weight is 395 g/mol. The van der Waals surface area contributed by atoms with E-state index in [2.05, 4.69) is 39.9 Å². The maximum atomic E-state index is 12.6. The van der Waals surface area contributed by atoms with Crippen molar-refractivity contribution in [2.24, 2.45) is 0 Å². The molecule has 2 heterocycles. The molecule has 2 aromatic heterocycles. The van der Waals surface area contributed by atoms with Gasteiger partial charge < -0.3 is 5.32 Å². The van der Waals surface area contributed by atoms with Crippen LogP contribution in [0.15, 0.2) is 47.2 Å². The van der Waals surface area contributed by atoms with Crippen LogP contribution in [0.4, 0.5) is 0 Å². The first-order valence-corrected chi connectivity index (χ1v) is 11.0. The van der Waals surface area contributed by atoms with Gasteiger partial charge in [-0.2, -0.15) is 0 Å². The first-order chi connectivity index (χ1) is 13.2. The summed E-state index contributed by atoms with van der Waals surface area (Å²) >= 11 is 3.26. The van der Waals surface area contributed by atoms with E-state index in [0.29, 0.717) is 0 Å². The summed E-state index contributed by atoms with van der Waals surface area (Å²) in [5.74, 6) is -0.100. The van der Waals surface area contributed by atoms with Crippen molar-refractivity contribution in [1.29, 1.82) is 0 Å². The van der Waals surface area contributed by atoms with Crippen LogP contribution in [0.5, 0.6) is 0 Å². The average Bonchev–Trinajstić information content (AvgIpc) is 3.36. The number of benzene rings is 1. The predicted molar refractivity (Wildman–Crippen MR) is 113 cm³/mol. The Morgan fingerprint density at radius 3 is 2.78 bits per heavy atom. The van der Waals surface area contributed by atoms with Crippen molar-refractivity contribution in [3.8, 4) is 0 Å². The van der Waals surface area contributed by atoms with Crippen LogP contribution in [0.25, 0.3) is 6.08 Å². The van der Waals surface area contributed by atoms with E-state index in [1.165, 1.54) is 30.4 Å². The Balaban J connectivity index is 1.56. The van der Waals surface area contributed by atoms with Gasteiger partial charge in [0.25, 0.3) is 0 Å². The Kier molecular flexibility index (Phi) is 5.50. The number of nitrogens with zero attached hydrogens (tertiary/aromatic N) is 1. The second kappa shape index (κ2) is 8.19. The second-order valence-corrected chi connectivity index (χ2v) is 8.86. The van der Waals surface area contributed by atoms with Gasteiger partial charge in [-0.05, 0) is 66.8 Å². The number of carbonyl (C=O) groups excluding carboxylic acids is 1. The Labute approximate surface area is 167 Å². The highest BCUT2D eigenvalue weighted by atomic mass is 32.1. The number of thiophene rings is 1. The molecule has 1 amide bonds. The maximum absolute atomic E-state index is 12.6. The van der Waals surface area contributed by atoms with Crippen molar-refractivity contribution in [2.75, 3.05) is 0 Å². The monoisotopic (exact) mass is 394 g/mol. The van der Waals surface area contributed by atoms with Crippen LogP contribution in [0.1, 0.15) is 51.2 Å². The van der Waals surface area contributed by atoms with Crippen LogP contribution in [-0.4, -0.2) is 10.9 Å². The minimum atomic E-state index is -0.119. The molecule has 0 radical (unpaired) electrons. The maximum Gasteiger partial charge on any atom is 0.244 e. The molecule has 1 aromatic carbocycles. The summed E-state index contributed by atoms with van der Waals surface area (Å²) in [6, 6.07) is 10.7. The van der Waals surface area contributed by atoms with Crippen LogP contribution in [0, 0.1) is 6.92 Å². The number of fused-ring (bicyclic) bond motifs is 1. The highest BCUT2D eigenvalue weighted by molar-refractivity contribution is 7.10. The quantitative estimate of drug-likeness (QED) is 0.596. The number of hydrogen-bond donors (Lipinski definition) is 1. The second-order valence-electron chi connectivity index (χ2n) is 6.82. The summed E-state index contributed by atoms with van der Waals surface area (Å²) in [6.45, 7) is 1.96. The Hall–Kier alpha value is -2.24. The van der Waals surface area contributed by atoms with E-state index >= 15 is 0 Å². The van der Waals surface area contributed by atoms with Gasteiger partial charge >= 0.3 is 0 Å². The van der Waals surface area contributed by atoms with E-state index in [-0.39, 0.29) is 11.9 Å². The molecule has 0 saturated carbocycles. The van der Waals surface area contributed by atoms with E-state index in [1.807, 2.05) is 18.4 Å². The van der Waals surface area contributed by atoms with E-state index in [1.54, 1.807) is 34.8 Å². The molecule has 5 heteroatoms. The third-order valence-corrected chi connectivity index (χ3v) is 6.59. The van der Waals surface area contributed by atoms with E-state index in [4.69, 9.17) is 0 Å². The zero-order valence-electron chi connectivity index (χ0n) is 15.3. The molecule has 1 N–H and O–H groups in total. The standard InChI is InChI=1S/C22H22N2OS2/c1-15-23-19(14-27-15)10-11-21(25)24-22(20-7-4-12-26-20)18-9-8-16-5-2-3-6-17(16)13-18/h4,7-14,22H,2-3,5-6H2,1H3,(H,24,25)/b11-10+. The van der Waals surface area contributed by atoms with Crippen LogP contribution in [-0.2, 0) is 17.6 Å². The molecule has 4 rings (SSSR count). The van der Waals surface area contributed by atoms with Gasteiger partial charge in [0, 0.05) is 16.3 Å². The molecule has 3 nitrogen and oxygen atoms in total. The topological polar surface area (TPSA) is 42.0 Å². The number of aromatic nitrogens is 1. The number of nitrogens with one attached hydrogen (secondary N) is 1. The lowest BCUT2D eigenvalue weighted by Gasteiger charge is -2.21. The van der Waals surface area contributed by atoms with Gasteiger partial charge in [0.15, 0.2) is 0 Å². The Morgan fingerprint density at radius 2 is 2.04 bits per heavy atom. The lowest BCUT2D eigenvalue weighted by molar-refractivity contribution is -0.116. The van der Waals surface area contributed by atoms with Crippen LogP contribution >= 0.6 is 22.7 Å². The van der Waals surface area contributed by atoms with Gasteiger partial charge in [-0.3, -0.25) is 4.79 Å². The van der Waals surface area contributed by atoms with Crippen LogP contribution < -0.4 is 5.32 Å². The summed E-state index contributed by atoms with van der Waals surface area (Å²) in [4.78, 5) is 18.1. The third-order valence-electron chi connectivity index (χ3n) is 4.86. The third kappa shape index (κ3) is 4.37. The SMILES string of the molecule is Cc1nc(/C=C/C(=O)NC(c2ccc3c(c2)CCCC3)c2cccs2)cs1. The molecule has 1 atom stereocenters. The van der Waals surface area contributed by atoms with Gasteiger partial charge in [0.2, 0.25) is 5.91 Å². The number of aryl methyl sites for hydroxylation is 3. The number of amides is 1. The summed E-state index contributed by atoms with van der Waals surface area (Å²) in [6.07, 6.45) is 8.18. The number of hydrogen-bond acceptors (Lipinski definition) is 4. The summed E-state index contributed by atoms with van der Waals surface area (Å²) in [5, 5.41) is 8.19. The van der Waals surface area contributed by atoms with Crippen molar-refractivity contribution in [3.63, 3.8) is 0 Å². The molecule has 1 aliphatic carbocycles. The van der Waals surface area contributed by atoms with Crippen LogP contribution in [0.3, 0.4) is 0 Å². The fourth-order valence-corrected chi connectivity index (χ4v) is 4.90. The first-order valence-electron chi connectivity index (χ1n) is 9.25. The van der Waals surface area contributed by atoms with E-state index in [0.717, 1.165) is 27.6 Å². The van der Waals surface area contributed by atoms with Gasteiger partial charge in [-0.25, -0.2) is 4.98 Å². The number of thiazole rings is 1. The van der Waals surface area contributed by atoms with E-state index in [9.17, 15) is 4.79 Å². The molecule has 1 aliphatic rings. The van der Waals surface area contributed by atoms with Gasteiger partial charge in [0.05, 0.1) is 16.7 Å². The van der Waals surface area contributed by atoms with Gasteiger partial charge in [-0.1, -0.05) is 24.3 Å². The normalized spacial score (nSPS) is 14.9. The fraction of sp³-hybridized carbons (Fsp3) is 0.273. The lowest BCUT2D eigenvalue weighted by Crippen LogP contribution is -2.27. The molecular weight excluding hydrogens is 372 g/mol. The molecule has 0 aliphatic heterocycles. The minimum Gasteiger partial charge on any atom is -0.341 e. The number of carbonyl (C=O) groups is 1. The molecular formula is C22H22N2OS2. The molecule has 138 valence electrons. The Bertz CT molecular complexity index is 957. The smallest absolute Gasteiger partial charge is 0.244 e. The highest BCUT2D eigenvalue weighted by Gasteiger charge is 2.19. The summed E-state index contributed by atoms with van der Waals surface area (Å²) in [5.41, 5.74) is 4.88. The Morgan fingerprint density at radius 1 is 1.19 bits per heavy atom. The molecule has 0 bridgehead atoms. The van der Waals surface area contributed by atoms with Crippen molar-refractivity contribution >= 4 is 34.7 Å². The minimum absolute atomic E-state index is 0.100. The molecule has 1 unspecified atom stereocenters. The van der Waals surface area contributed by atoms with E-state index < -0.39 is 0 Å². The van der Waals surface area contributed by atoms with Crippen molar-refractivity contribution < 1.29 is 4.79 Å². The van der Waals surface area contributed by atoms with Crippen molar-refractivity contribution in [2.45, 2.75) is 38.6 Å². The largest absolute Gasteiger partial charge is 0.341 e. The van der Waals surface area contributed by atoms with Crippen molar-refractivity contribution in [1.82, 2.24) is 10.3 Å². The van der Waals surface area contributed by atoms with Gasteiger partial charge in [-0.15, -0.1) is 22.7 Å². The molecule has 27 heavy (non-hydrogen) atoms. The van der Waals surface area contributed by atoms with Crippen molar-refractivity contribution in [3.05, 3.63) is 79.4 Å².